The molecule has 26 heavy (non-hydrogen) atoms. The van der Waals surface area contributed by atoms with Crippen molar-refractivity contribution in [3.05, 3.63) is 42.5 Å². The second kappa shape index (κ2) is 9.94. The molecule has 0 aliphatic carbocycles. The smallest absolute Gasteiger partial charge is 0.244 e. The zero-order chi connectivity index (χ0) is 18.0. The summed E-state index contributed by atoms with van der Waals surface area (Å²) in [4.78, 5) is 18.5. The molecular weight excluding hydrogens is 328 g/mol. The second-order valence-corrected chi connectivity index (χ2v) is 6.80. The Labute approximate surface area is 155 Å². The van der Waals surface area contributed by atoms with Gasteiger partial charge in [-0.25, -0.2) is 9.67 Å². The van der Waals surface area contributed by atoms with E-state index in [0.717, 1.165) is 38.1 Å². The van der Waals surface area contributed by atoms with Gasteiger partial charge in [0.1, 0.15) is 24.9 Å². The molecule has 6 nitrogen and oxygen atoms in total. The Morgan fingerprint density at radius 3 is 2.73 bits per heavy atom. The predicted molar refractivity (Wildman–Crippen MR) is 99.9 cm³/mol. The summed E-state index contributed by atoms with van der Waals surface area (Å²) >= 11 is 0. The van der Waals surface area contributed by atoms with Crippen molar-refractivity contribution in [2.24, 2.45) is 0 Å². The minimum atomic E-state index is 0.1000. The molecule has 3 rings (SSSR count). The van der Waals surface area contributed by atoms with Crippen molar-refractivity contribution >= 4 is 5.91 Å². The number of benzene rings is 1. The first kappa shape index (κ1) is 18.4. The van der Waals surface area contributed by atoms with Gasteiger partial charge in [0.05, 0.1) is 6.61 Å². The van der Waals surface area contributed by atoms with Crippen molar-refractivity contribution in [3.63, 3.8) is 0 Å². The lowest BCUT2D eigenvalue weighted by Gasteiger charge is -2.23. The number of aromatic nitrogens is 3. The van der Waals surface area contributed by atoms with E-state index in [1.165, 1.54) is 37.6 Å². The summed E-state index contributed by atoms with van der Waals surface area (Å²) in [6.07, 6.45) is 10.8. The molecule has 0 atom stereocenters. The number of amides is 1. The van der Waals surface area contributed by atoms with Gasteiger partial charge in [-0.3, -0.25) is 4.79 Å². The monoisotopic (exact) mass is 356 g/mol. The van der Waals surface area contributed by atoms with Crippen molar-refractivity contribution in [1.29, 1.82) is 0 Å². The van der Waals surface area contributed by atoms with E-state index in [1.54, 1.807) is 11.0 Å². The normalized spacial score (nSPS) is 17.0. The van der Waals surface area contributed by atoms with Crippen LogP contribution in [0.25, 0.3) is 0 Å². The highest BCUT2D eigenvalue weighted by Crippen LogP contribution is 2.21. The minimum Gasteiger partial charge on any atom is -0.493 e. The number of hydrogen-bond donors (Lipinski definition) is 0. The van der Waals surface area contributed by atoms with Gasteiger partial charge in [0.25, 0.3) is 0 Å². The number of nitrogens with zero attached hydrogens (tertiary/aromatic N) is 4. The van der Waals surface area contributed by atoms with Crippen LogP contribution in [0.3, 0.4) is 0 Å². The molecule has 0 saturated carbocycles. The van der Waals surface area contributed by atoms with E-state index in [0.29, 0.717) is 6.61 Å². The fourth-order valence-electron chi connectivity index (χ4n) is 3.35. The molecule has 1 aromatic heterocycles. The average molecular weight is 356 g/mol. The van der Waals surface area contributed by atoms with Crippen LogP contribution in [0.15, 0.2) is 36.9 Å². The van der Waals surface area contributed by atoms with E-state index in [-0.39, 0.29) is 12.5 Å². The number of fused-ring (bicyclic) bond motifs is 1. The molecule has 0 spiro atoms. The molecule has 0 unspecified atom stereocenters. The van der Waals surface area contributed by atoms with Gasteiger partial charge in [-0.1, -0.05) is 37.5 Å². The first-order chi connectivity index (χ1) is 12.8. The summed E-state index contributed by atoms with van der Waals surface area (Å²) in [7, 11) is 0. The fourth-order valence-corrected chi connectivity index (χ4v) is 3.35. The largest absolute Gasteiger partial charge is 0.493 e. The molecule has 0 N–H and O–H groups in total. The lowest BCUT2D eigenvalue weighted by molar-refractivity contribution is -0.132. The maximum absolute atomic E-state index is 12.6. The van der Waals surface area contributed by atoms with E-state index in [4.69, 9.17) is 4.74 Å². The van der Waals surface area contributed by atoms with E-state index in [9.17, 15) is 4.79 Å². The Hall–Kier alpha value is -2.37. The fraction of sp³-hybridized carbons (Fsp3) is 0.550. The maximum atomic E-state index is 12.6. The minimum absolute atomic E-state index is 0.1000. The van der Waals surface area contributed by atoms with Crippen molar-refractivity contribution < 1.29 is 9.53 Å². The predicted octanol–water partition coefficient (Wildman–Crippen LogP) is 3.08. The van der Waals surface area contributed by atoms with Crippen LogP contribution in [-0.4, -0.2) is 45.3 Å². The van der Waals surface area contributed by atoms with Gasteiger partial charge in [-0.05, 0) is 37.3 Å². The van der Waals surface area contributed by atoms with Crippen LogP contribution in [0.5, 0.6) is 5.75 Å². The summed E-state index contributed by atoms with van der Waals surface area (Å²) in [6, 6.07) is 8.32. The van der Waals surface area contributed by atoms with Crippen LogP contribution in [-0.2, 0) is 17.8 Å². The molecule has 0 fully saturated rings. The van der Waals surface area contributed by atoms with E-state index in [2.05, 4.69) is 28.3 Å². The van der Waals surface area contributed by atoms with Crippen molar-refractivity contribution in [2.45, 2.75) is 51.5 Å². The van der Waals surface area contributed by atoms with E-state index < -0.39 is 0 Å². The Morgan fingerprint density at radius 2 is 1.85 bits per heavy atom. The molecule has 2 heterocycles. The number of carbonyl (C=O) groups excluding carboxylic acids is 1. The molecule has 1 aromatic carbocycles. The first-order valence-corrected chi connectivity index (χ1v) is 9.64. The molecule has 0 saturated heterocycles. The van der Waals surface area contributed by atoms with Crippen LogP contribution < -0.4 is 4.74 Å². The summed E-state index contributed by atoms with van der Waals surface area (Å²) in [5, 5.41) is 4.04. The third-order valence-electron chi connectivity index (χ3n) is 4.79. The van der Waals surface area contributed by atoms with Crippen LogP contribution in [0.4, 0.5) is 0 Å². The Balaban J connectivity index is 1.59. The molecule has 0 radical (unpaired) electrons. The first-order valence-electron chi connectivity index (χ1n) is 9.64. The quantitative estimate of drug-likeness (QED) is 0.830. The molecule has 1 aliphatic heterocycles. The standard InChI is InChI=1S/C20H28N4O2/c25-20(15-24-17-21-16-22-24)23-12-7-3-1-2-4-9-18-10-5-6-11-19(18)26-14-8-13-23/h5-6,10-11,16-17H,1-4,7-9,12-15H2. The topological polar surface area (TPSA) is 60.2 Å². The molecule has 1 aliphatic rings. The Bertz CT molecular complexity index is 672. The second-order valence-electron chi connectivity index (χ2n) is 6.80. The molecule has 1 amide bonds. The van der Waals surface area contributed by atoms with Crippen molar-refractivity contribution in [1.82, 2.24) is 19.7 Å². The number of ether oxygens (including phenoxy) is 1. The lowest BCUT2D eigenvalue weighted by atomic mass is 10.0. The van der Waals surface area contributed by atoms with Gasteiger partial charge in [0.2, 0.25) is 5.91 Å². The van der Waals surface area contributed by atoms with Crippen molar-refractivity contribution in [3.8, 4) is 5.75 Å². The number of aryl methyl sites for hydroxylation is 1. The van der Waals surface area contributed by atoms with Gasteiger partial charge in [-0.15, -0.1) is 0 Å². The van der Waals surface area contributed by atoms with Crippen LogP contribution in [0.2, 0.25) is 0 Å². The van der Waals surface area contributed by atoms with Crippen LogP contribution in [0.1, 0.15) is 44.1 Å². The zero-order valence-electron chi connectivity index (χ0n) is 15.3. The highest BCUT2D eigenvalue weighted by Gasteiger charge is 2.14. The number of rotatable bonds is 2. The maximum Gasteiger partial charge on any atom is 0.244 e. The highest BCUT2D eigenvalue weighted by molar-refractivity contribution is 5.75. The molecule has 140 valence electrons. The summed E-state index contributed by atoms with van der Waals surface area (Å²) in [5.74, 6) is 1.09. The number of carbonyl (C=O) groups is 1. The SMILES string of the molecule is O=C(Cn1cncn1)N1CCCCCCCc2ccccc2OCCC1. The number of para-hydroxylation sites is 1. The molecule has 2 aromatic rings. The number of hydrogen-bond acceptors (Lipinski definition) is 4. The summed E-state index contributed by atoms with van der Waals surface area (Å²) in [5.41, 5.74) is 1.30. The highest BCUT2D eigenvalue weighted by atomic mass is 16.5. The molecular formula is C20H28N4O2. The average Bonchev–Trinajstić information content (AvgIpc) is 3.16. The Morgan fingerprint density at radius 1 is 1.04 bits per heavy atom. The van der Waals surface area contributed by atoms with Crippen molar-refractivity contribution in [2.75, 3.05) is 19.7 Å². The van der Waals surface area contributed by atoms with Gasteiger partial charge in [-0.2, -0.15) is 5.10 Å². The van der Waals surface area contributed by atoms with Gasteiger partial charge in [0.15, 0.2) is 0 Å². The van der Waals surface area contributed by atoms with E-state index >= 15 is 0 Å². The third kappa shape index (κ3) is 5.58. The van der Waals surface area contributed by atoms with E-state index in [1.807, 2.05) is 11.0 Å². The zero-order valence-corrected chi connectivity index (χ0v) is 15.3. The molecule has 6 heteroatoms. The van der Waals surface area contributed by atoms with Gasteiger partial charge in [0, 0.05) is 13.1 Å². The summed E-state index contributed by atoms with van der Waals surface area (Å²) < 4.78 is 7.58. The van der Waals surface area contributed by atoms with Gasteiger partial charge >= 0.3 is 0 Å². The van der Waals surface area contributed by atoms with Gasteiger partial charge < -0.3 is 9.64 Å². The molecule has 0 bridgehead atoms. The lowest BCUT2D eigenvalue weighted by Crippen LogP contribution is -2.36. The third-order valence-corrected chi connectivity index (χ3v) is 4.79. The van der Waals surface area contributed by atoms with Crippen LogP contribution >= 0.6 is 0 Å². The summed E-state index contributed by atoms with van der Waals surface area (Å²) in [6.45, 7) is 2.41. The Kier molecular flexibility index (Phi) is 7.05. The van der Waals surface area contributed by atoms with Crippen LogP contribution in [0, 0.1) is 0 Å².